The summed E-state index contributed by atoms with van der Waals surface area (Å²) in [6.45, 7) is 25.2. The molecular formula is C79H67N4OSb. The van der Waals surface area contributed by atoms with Crippen LogP contribution >= 0.6 is 0 Å². The first-order valence-corrected chi connectivity index (χ1v) is 33.8. The fourth-order valence-electron chi connectivity index (χ4n) is 14.6. The van der Waals surface area contributed by atoms with E-state index in [1.54, 1.807) is 0 Å². The summed E-state index contributed by atoms with van der Waals surface area (Å²) in [7, 11) is 0. The van der Waals surface area contributed by atoms with Gasteiger partial charge in [0.05, 0.1) is 0 Å². The zero-order chi connectivity index (χ0) is 58.1. The van der Waals surface area contributed by atoms with Gasteiger partial charge in [-0.25, -0.2) is 0 Å². The normalized spacial score (nSPS) is 14.7. The van der Waals surface area contributed by atoms with Crippen LogP contribution in [0.2, 0.25) is 0 Å². The van der Waals surface area contributed by atoms with Crippen molar-refractivity contribution in [3.63, 3.8) is 0 Å². The number of hydrogen-bond donors (Lipinski definition) is 0. The summed E-state index contributed by atoms with van der Waals surface area (Å²) < 4.78 is 12.7. The summed E-state index contributed by atoms with van der Waals surface area (Å²) in [4.78, 5) is 10.1. The molecule has 2 aliphatic carbocycles. The Labute approximate surface area is 508 Å². The fourth-order valence-corrected chi connectivity index (χ4v) is 23.1. The predicted molar refractivity (Wildman–Crippen MR) is 358 cm³/mol. The van der Waals surface area contributed by atoms with Crippen LogP contribution in [0.25, 0.3) is 22.3 Å². The van der Waals surface area contributed by atoms with Gasteiger partial charge in [0.15, 0.2) is 0 Å². The van der Waals surface area contributed by atoms with E-state index in [2.05, 4.69) is 302 Å². The van der Waals surface area contributed by atoms with Crippen LogP contribution in [0.4, 0.5) is 68.2 Å². The second-order valence-electron chi connectivity index (χ2n) is 25.6. The number of fused-ring (bicyclic) bond motifs is 8. The van der Waals surface area contributed by atoms with Crippen LogP contribution in [0.3, 0.4) is 0 Å². The molecular weight excluding hydrogens is 1140 g/mol. The van der Waals surface area contributed by atoms with E-state index in [1.807, 2.05) is 0 Å². The molecule has 0 spiro atoms. The van der Waals surface area contributed by atoms with Gasteiger partial charge >= 0.3 is 484 Å². The van der Waals surface area contributed by atoms with E-state index in [0.717, 1.165) is 57.0 Å². The molecule has 0 N–H and O–H groups in total. The number of aryl methyl sites for hydroxylation is 7. The SMILES string of the molecule is Cc1ccc(N(c2ccc(C)cc2)c2ccc3c(c2)C(C)(C)c2c-3cc3[c]4c2Oc2[c]5c(cc6c2C(C)(C)c2cc(N(c7ccc(C)cc7)c7ccc(C)cc7)ccc2-6)N(c2ccc(C)cc2)c2cc(C)cc([c]2[Sb]45)N3c2ccc(C)cc2)cc1. The molecule has 0 aromatic heterocycles. The Bertz CT molecular complexity index is 4230. The minimum absolute atomic E-state index is 0.437. The molecule has 0 saturated carbocycles. The number of benzene rings is 11. The molecule has 6 heteroatoms. The van der Waals surface area contributed by atoms with Crippen molar-refractivity contribution >= 4 is 99.0 Å². The third kappa shape index (κ3) is 7.68. The van der Waals surface area contributed by atoms with Crippen molar-refractivity contribution in [1.29, 1.82) is 0 Å². The van der Waals surface area contributed by atoms with Gasteiger partial charge in [0.2, 0.25) is 0 Å². The van der Waals surface area contributed by atoms with Gasteiger partial charge in [0.25, 0.3) is 0 Å². The molecule has 0 unspecified atom stereocenters. The summed E-state index contributed by atoms with van der Waals surface area (Å²) in [5.41, 5.74) is 32.2. The predicted octanol–water partition coefficient (Wildman–Crippen LogP) is 19.6. The first kappa shape index (κ1) is 51.8. The molecule has 0 saturated heterocycles. The summed E-state index contributed by atoms with van der Waals surface area (Å²) >= 11 is -3.16. The molecule has 0 bridgehead atoms. The van der Waals surface area contributed by atoms with Crippen molar-refractivity contribution < 1.29 is 4.74 Å². The van der Waals surface area contributed by atoms with E-state index in [9.17, 15) is 0 Å². The van der Waals surface area contributed by atoms with Crippen LogP contribution in [-0.4, -0.2) is 20.2 Å². The fraction of sp³-hybridized carbons (Fsp3) is 0.165. The maximum absolute atomic E-state index is 8.35. The zero-order valence-corrected chi connectivity index (χ0v) is 52.8. The van der Waals surface area contributed by atoms with Crippen LogP contribution in [0, 0.1) is 48.5 Å². The van der Waals surface area contributed by atoms with Gasteiger partial charge in [0.1, 0.15) is 0 Å². The van der Waals surface area contributed by atoms with Crippen LogP contribution in [0.15, 0.2) is 206 Å². The van der Waals surface area contributed by atoms with Gasteiger partial charge in [-0.1, -0.05) is 0 Å². The molecule has 16 rings (SSSR count). The topological polar surface area (TPSA) is 22.2 Å². The van der Waals surface area contributed by atoms with E-state index < -0.39 is 31.0 Å². The Hall–Kier alpha value is -8.76. The van der Waals surface area contributed by atoms with Crippen molar-refractivity contribution in [3.05, 3.63) is 267 Å². The zero-order valence-electron chi connectivity index (χ0n) is 50.3. The third-order valence-corrected chi connectivity index (χ3v) is 26.6. The van der Waals surface area contributed by atoms with Crippen molar-refractivity contribution in [2.75, 3.05) is 19.6 Å². The van der Waals surface area contributed by atoms with Crippen molar-refractivity contribution in [1.82, 2.24) is 0 Å². The summed E-state index contributed by atoms with van der Waals surface area (Å²) in [6.07, 6.45) is 0. The number of anilines is 12. The Morgan fingerprint density at radius 1 is 0.306 bits per heavy atom. The first-order valence-electron chi connectivity index (χ1n) is 30.0. The number of rotatable bonds is 8. The van der Waals surface area contributed by atoms with Crippen molar-refractivity contribution in [2.24, 2.45) is 0 Å². The first-order chi connectivity index (χ1) is 41.0. The molecule has 3 aliphatic heterocycles. The molecule has 0 amide bonds. The monoisotopic (exact) mass is 1210 g/mol. The van der Waals surface area contributed by atoms with Gasteiger partial charge in [0, 0.05) is 0 Å². The van der Waals surface area contributed by atoms with Gasteiger partial charge in [-0.15, -0.1) is 0 Å². The van der Waals surface area contributed by atoms with Crippen LogP contribution in [0.5, 0.6) is 11.5 Å². The second kappa shape index (κ2) is 18.6. The number of hydrogen-bond acceptors (Lipinski definition) is 5. The summed E-state index contributed by atoms with van der Waals surface area (Å²) in [5, 5.41) is 0. The molecule has 0 atom stereocenters. The van der Waals surface area contributed by atoms with Crippen LogP contribution in [-0.2, 0) is 10.8 Å². The van der Waals surface area contributed by atoms with Crippen LogP contribution in [0.1, 0.15) is 88.9 Å². The van der Waals surface area contributed by atoms with Crippen molar-refractivity contribution in [3.8, 4) is 33.8 Å². The quantitative estimate of drug-likeness (QED) is 0.141. The third-order valence-electron chi connectivity index (χ3n) is 19.0. The molecule has 5 nitrogen and oxygen atoms in total. The average molecular weight is 1210 g/mol. The molecule has 0 radical (unpaired) electrons. The van der Waals surface area contributed by atoms with Gasteiger partial charge in [-0.2, -0.15) is 0 Å². The standard InChI is InChI=1S/C79H67N4O.Sb/c1-49-12-24-56(25-13-49)80(57-26-14-50(2)15-27-57)62-36-38-68-70-43-66-47-74(76(70)78(8,9)72(68)45-62)84-75-48-67(83(61-34-22-54(6)23-35-61)65-41-55(7)40-64(42-65)82(66)60-32-20-53(5)21-33-60)44-71-69-39-37-63(46-73(69)79(10,11)77(71)75)81(58-28-16-51(3)17-29-58)59-30-18-52(4)19-31-59;/h12-41,43-46H,1-11H3;. The Morgan fingerprint density at radius 3 is 0.929 bits per heavy atom. The Balaban J connectivity index is 0.961. The minimum atomic E-state index is -3.16. The molecule has 11 aromatic rings. The molecule has 0 fully saturated rings. The van der Waals surface area contributed by atoms with Crippen molar-refractivity contribution in [2.45, 2.75) is 87.0 Å². The van der Waals surface area contributed by atoms with E-state index in [4.69, 9.17) is 4.74 Å². The molecule has 414 valence electrons. The van der Waals surface area contributed by atoms with Crippen LogP contribution < -0.4 is 34.9 Å². The number of nitrogens with zero attached hydrogens (tertiary/aromatic N) is 4. The maximum atomic E-state index is 8.35. The van der Waals surface area contributed by atoms with Gasteiger partial charge in [-0.05, 0) is 27.7 Å². The average Bonchev–Trinajstić information content (AvgIpc) is 1.67. The molecule has 5 aliphatic rings. The second-order valence-corrected chi connectivity index (χ2v) is 31.4. The number of ether oxygens (including phenoxy) is 1. The molecule has 3 heterocycles. The van der Waals surface area contributed by atoms with E-state index in [1.165, 1.54) is 117 Å². The van der Waals surface area contributed by atoms with E-state index in [0.29, 0.717) is 0 Å². The van der Waals surface area contributed by atoms with E-state index >= 15 is 0 Å². The molecule has 85 heavy (non-hydrogen) atoms. The summed E-state index contributed by atoms with van der Waals surface area (Å²) in [6, 6.07) is 78.9. The molecule has 11 aromatic carbocycles. The Kier molecular flexibility index (Phi) is 11.4. The Morgan fingerprint density at radius 2 is 0.600 bits per heavy atom. The van der Waals surface area contributed by atoms with Gasteiger partial charge < -0.3 is 0 Å². The van der Waals surface area contributed by atoms with Gasteiger partial charge in [-0.3, -0.25) is 0 Å². The van der Waals surface area contributed by atoms with E-state index in [-0.39, 0.29) is 0 Å². The summed E-state index contributed by atoms with van der Waals surface area (Å²) in [5.74, 6) is 2.13.